The van der Waals surface area contributed by atoms with Crippen LogP contribution in [0, 0.1) is 5.82 Å². The molecule has 0 aliphatic carbocycles. The number of nitrogens with zero attached hydrogens (tertiary/aromatic N) is 2. The van der Waals surface area contributed by atoms with Crippen LogP contribution in [0.25, 0.3) is 11.5 Å². The molecule has 4 nitrogen and oxygen atoms in total. The van der Waals surface area contributed by atoms with Crippen molar-refractivity contribution in [1.82, 2.24) is 9.88 Å². The number of ether oxygens (including phenoxy) is 1. The predicted octanol–water partition coefficient (Wildman–Crippen LogP) is 4.12. The molecule has 0 radical (unpaired) electrons. The van der Waals surface area contributed by atoms with Crippen molar-refractivity contribution in [2.75, 3.05) is 14.2 Å². The number of hydrogen-bond acceptors (Lipinski definition) is 4. The second kappa shape index (κ2) is 7.27. The van der Waals surface area contributed by atoms with Gasteiger partial charge in [0.25, 0.3) is 0 Å². The van der Waals surface area contributed by atoms with Gasteiger partial charge in [0.2, 0.25) is 5.89 Å². The van der Waals surface area contributed by atoms with Gasteiger partial charge in [-0.2, -0.15) is 0 Å². The highest BCUT2D eigenvalue weighted by Crippen LogP contribution is 2.20. The van der Waals surface area contributed by atoms with E-state index in [9.17, 15) is 4.39 Å². The maximum atomic E-state index is 13.0. The molecule has 2 aromatic carbocycles. The summed E-state index contributed by atoms with van der Waals surface area (Å²) in [5, 5.41) is 0. The topological polar surface area (TPSA) is 38.5 Å². The third kappa shape index (κ3) is 4.00. The fourth-order valence-corrected chi connectivity index (χ4v) is 2.52. The van der Waals surface area contributed by atoms with E-state index in [0.29, 0.717) is 12.4 Å². The lowest BCUT2D eigenvalue weighted by Crippen LogP contribution is -2.17. The molecule has 0 atom stereocenters. The summed E-state index contributed by atoms with van der Waals surface area (Å²) in [7, 11) is 3.68. The average molecular weight is 326 g/mol. The Morgan fingerprint density at radius 3 is 2.67 bits per heavy atom. The molecule has 3 rings (SSSR count). The fraction of sp³-hybridized carbons (Fsp3) is 0.211. The van der Waals surface area contributed by atoms with Crippen LogP contribution in [-0.2, 0) is 13.1 Å². The van der Waals surface area contributed by atoms with Gasteiger partial charge < -0.3 is 9.15 Å². The fourth-order valence-electron chi connectivity index (χ4n) is 2.52. The van der Waals surface area contributed by atoms with E-state index in [1.807, 2.05) is 25.2 Å². The summed E-state index contributed by atoms with van der Waals surface area (Å²) in [6, 6.07) is 14.1. The lowest BCUT2D eigenvalue weighted by atomic mass is 10.2. The van der Waals surface area contributed by atoms with Gasteiger partial charge in [-0.1, -0.05) is 12.1 Å². The maximum Gasteiger partial charge on any atom is 0.226 e. The van der Waals surface area contributed by atoms with E-state index in [1.165, 1.54) is 17.7 Å². The zero-order chi connectivity index (χ0) is 16.9. The van der Waals surface area contributed by atoms with Crippen LogP contribution in [0.1, 0.15) is 11.3 Å². The van der Waals surface area contributed by atoms with Crippen molar-refractivity contribution in [2.24, 2.45) is 0 Å². The van der Waals surface area contributed by atoms with Crippen LogP contribution >= 0.6 is 0 Å². The van der Waals surface area contributed by atoms with Gasteiger partial charge in [-0.3, -0.25) is 4.90 Å². The van der Waals surface area contributed by atoms with Gasteiger partial charge in [-0.05, 0) is 49.0 Å². The number of aromatic nitrogens is 1. The van der Waals surface area contributed by atoms with Crippen molar-refractivity contribution in [3.8, 4) is 17.2 Å². The van der Waals surface area contributed by atoms with Crippen LogP contribution in [0.3, 0.4) is 0 Å². The molecule has 1 aromatic heterocycles. The summed E-state index contributed by atoms with van der Waals surface area (Å²) >= 11 is 0. The number of oxazole rings is 1. The van der Waals surface area contributed by atoms with Gasteiger partial charge in [0.1, 0.15) is 17.8 Å². The summed E-state index contributed by atoms with van der Waals surface area (Å²) in [4.78, 5) is 6.61. The monoisotopic (exact) mass is 326 g/mol. The minimum absolute atomic E-state index is 0.274. The molecule has 0 amide bonds. The van der Waals surface area contributed by atoms with E-state index in [4.69, 9.17) is 9.15 Å². The summed E-state index contributed by atoms with van der Waals surface area (Å²) in [6.45, 7) is 1.43. The van der Waals surface area contributed by atoms with Crippen LogP contribution < -0.4 is 4.74 Å². The Morgan fingerprint density at radius 2 is 1.92 bits per heavy atom. The van der Waals surface area contributed by atoms with E-state index in [0.717, 1.165) is 23.6 Å². The average Bonchev–Trinajstić information content (AvgIpc) is 3.04. The Bertz CT molecular complexity index is 799. The first-order chi connectivity index (χ1) is 11.6. The largest absolute Gasteiger partial charge is 0.497 e. The Morgan fingerprint density at radius 1 is 1.12 bits per heavy atom. The van der Waals surface area contributed by atoms with Gasteiger partial charge in [-0.25, -0.2) is 9.37 Å². The number of methoxy groups -OCH3 is 1. The molecular weight excluding hydrogens is 307 g/mol. The first kappa shape index (κ1) is 16.2. The number of rotatable bonds is 6. The van der Waals surface area contributed by atoms with E-state index in [-0.39, 0.29) is 5.82 Å². The van der Waals surface area contributed by atoms with Crippen LogP contribution in [-0.4, -0.2) is 24.0 Å². The number of benzene rings is 2. The zero-order valence-corrected chi connectivity index (χ0v) is 13.7. The molecule has 0 unspecified atom stereocenters. The lowest BCUT2D eigenvalue weighted by Gasteiger charge is -2.15. The molecule has 0 fully saturated rings. The lowest BCUT2D eigenvalue weighted by molar-refractivity contribution is 0.314. The van der Waals surface area contributed by atoms with Gasteiger partial charge in [0.15, 0.2) is 0 Å². The highest BCUT2D eigenvalue weighted by molar-refractivity contribution is 5.52. The normalized spacial score (nSPS) is 11.0. The number of halogens is 1. The Hall–Kier alpha value is -2.66. The third-order valence-corrected chi connectivity index (χ3v) is 3.66. The SMILES string of the molecule is COc1cccc(CN(C)Cc2coc(-c3ccc(F)cc3)n2)c1. The van der Waals surface area contributed by atoms with Crippen molar-refractivity contribution in [1.29, 1.82) is 0 Å². The van der Waals surface area contributed by atoms with Crippen molar-refractivity contribution in [3.05, 3.63) is 71.9 Å². The van der Waals surface area contributed by atoms with Crippen LogP contribution in [0.5, 0.6) is 5.75 Å². The van der Waals surface area contributed by atoms with E-state index < -0.39 is 0 Å². The van der Waals surface area contributed by atoms with Crippen LogP contribution in [0.4, 0.5) is 4.39 Å². The van der Waals surface area contributed by atoms with Gasteiger partial charge in [0, 0.05) is 18.7 Å². The molecule has 0 saturated carbocycles. The minimum atomic E-state index is -0.274. The zero-order valence-electron chi connectivity index (χ0n) is 13.7. The molecule has 24 heavy (non-hydrogen) atoms. The Kier molecular flexibility index (Phi) is 4.91. The maximum absolute atomic E-state index is 13.0. The molecule has 3 aromatic rings. The van der Waals surface area contributed by atoms with E-state index in [2.05, 4.69) is 16.0 Å². The quantitative estimate of drug-likeness (QED) is 0.683. The summed E-state index contributed by atoms with van der Waals surface area (Å²) < 4.78 is 23.7. The van der Waals surface area contributed by atoms with Gasteiger partial charge in [-0.15, -0.1) is 0 Å². The first-order valence-electron chi connectivity index (χ1n) is 7.66. The molecule has 5 heteroatoms. The van der Waals surface area contributed by atoms with E-state index >= 15 is 0 Å². The van der Waals surface area contributed by atoms with Crippen LogP contribution in [0.2, 0.25) is 0 Å². The molecule has 0 N–H and O–H groups in total. The summed E-state index contributed by atoms with van der Waals surface area (Å²) in [5.41, 5.74) is 2.76. The number of hydrogen-bond donors (Lipinski definition) is 0. The van der Waals surface area contributed by atoms with Gasteiger partial charge in [0.05, 0.1) is 12.8 Å². The standard InChI is InChI=1S/C19H19FN2O2/c1-22(11-14-4-3-5-18(10-14)23-2)12-17-13-24-19(21-17)15-6-8-16(20)9-7-15/h3-10,13H,11-12H2,1-2H3. The van der Waals surface area contributed by atoms with Crippen molar-refractivity contribution < 1.29 is 13.5 Å². The molecule has 0 bridgehead atoms. The second-order valence-corrected chi connectivity index (χ2v) is 5.67. The third-order valence-electron chi connectivity index (χ3n) is 3.66. The predicted molar refractivity (Wildman–Crippen MR) is 90.1 cm³/mol. The Labute approximate surface area is 140 Å². The van der Waals surface area contributed by atoms with E-state index in [1.54, 1.807) is 25.5 Å². The van der Waals surface area contributed by atoms with Crippen LogP contribution in [0.15, 0.2) is 59.2 Å². The summed E-state index contributed by atoms with van der Waals surface area (Å²) in [5.74, 6) is 1.07. The summed E-state index contributed by atoms with van der Waals surface area (Å²) in [6.07, 6.45) is 1.64. The highest BCUT2D eigenvalue weighted by Gasteiger charge is 2.09. The Balaban J connectivity index is 1.64. The molecule has 124 valence electrons. The molecule has 0 aliphatic rings. The van der Waals surface area contributed by atoms with Gasteiger partial charge >= 0.3 is 0 Å². The molecule has 0 spiro atoms. The minimum Gasteiger partial charge on any atom is -0.497 e. The highest BCUT2D eigenvalue weighted by atomic mass is 19.1. The first-order valence-corrected chi connectivity index (χ1v) is 7.66. The van der Waals surface area contributed by atoms with Crippen molar-refractivity contribution in [3.63, 3.8) is 0 Å². The smallest absolute Gasteiger partial charge is 0.226 e. The molecule has 0 aliphatic heterocycles. The van der Waals surface area contributed by atoms with Crippen molar-refractivity contribution in [2.45, 2.75) is 13.1 Å². The molecule has 1 heterocycles. The molecular formula is C19H19FN2O2. The molecule has 0 saturated heterocycles. The second-order valence-electron chi connectivity index (χ2n) is 5.67. The van der Waals surface area contributed by atoms with Crippen molar-refractivity contribution >= 4 is 0 Å².